The van der Waals surface area contributed by atoms with E-state index >= 15 is 0 Å². The molecule has 0 spiro atoms. The quantitative estimate of drug-likeness (QED) is 0.423. The summed E-state index contributed by atoms with van der Waals surface area (Å²) in [6.45, 7) is 4.54. The number of benzene rings is 2. The molecule has 134 valence electrons. The number of esters is 1. The van der Waals surface area contributed by atoms with Gasteiger partial charge in [-0.25, -0.2) is 4.79 Å². The van der Waals surface area contributed by atoms with E-state index in [0.717, 1.165) is 22.7 Å². The Balaban J connectivity index is 2.15. The third-order valence-electron chi connectivity index (χ3n) is 3.74. The number of carbonyl (C=O) groups excluding carboxylic acids is 1. The zero-order valence-electron chi connectivity index (χ0n) is 15.2. The molecule has 0 radical (unpaired) electrons. The smallest absolute Gasteiger partial charge is 0.348 e. The second-order valence-electron chi connectivity index (χ2n) is 5.47. The van der Waals surface area contributed by atoms with Crippen molar-refractivity contribution in [3.63, 3.8) is 0 Å². The monoisotopic (exact) mass is 350 g/mol. The van der Waals surface area contributed by atoms with Crippen LogP contribution in [0.15, 0.2) is 54.1 Å². The molecule has 5 nitrogen and oxygen atoms in total. The van der Waals surface area contributed by atoms with Gasteiger partial charge in [0.25, 0.3) is 0 Å². The topological polar surface area (TPSA) is 62.6 Å². The van der Waals surface area contributed by atoms with Crippen molar-refractivity contribution in [3.8, 4) is 11.8 Å². The Labute approximate surface area is 154 Å². The lowest BCUT2D eigenvalue weighted by Gasteiger charge is -2.20. The van der Waals surface area contributed by atoms with Crippen molar-refractivity contribution in [1.29, 1.82) is 5.26 Å². The van der Waals surface area contributed by atoms with Crippen LogP contribution < -0.4 is 9.64 Å². The number of carbonyl (C=O) groups is 1. The van der Waals surface area contributed by atoms with Gasteiger partial charge in [-0.2, -0.15) is 5.26 Å². The Hall–Kier alpha value is -3.26. The molecule has 2 aromatic carbocycles. The summed E-state index contributed by atoms with van der Waals surface area (Å²) in [6.07, 6.45) is 1.53. The maximum atomic E-state index is 11.7. The van der Waals surface area contributed by atoms with Gasteiger partial charge in [0.1, 0.15) is 17.4 Å². The van der Waals surface area contributed by atoms with E-state index in [4.69, 9.17) is 14.7 Å². The molecule has 2 rings (SSSR count). The largest absolute Gasteiger partial charge is 0.494 e. The molecule has 0 unspecified atom stereocenters. The van der Waals surface area contributed by atoms with Gasteiger partial charge in [-0.05, 0) is 61.9 Å². The fraction of sp³-hybridized carbons (Fsp3) is 0.238. The van der Waals surface area contributed by atoms with Gasteiger partial charge in [0.2, 0.25) is 0 Å². The van der Waals surface area contributed by atoms with Gasteiger partial charge >= 0.3 is 5.97 Å². The third kappa shape index (κ3) is 4.87. The van der Waals surface area contributed by atoms with Crippen LogP contribution in [0, 0.1) is 11.3 Å². The minimum atomic E-state index is -0.606. The molecule has 0 atom stereocenters. The second kappa shape index (κ2) is 9.28. The Bertz CT molecular complexity index is 803. The summed E-state index contributed by atoms with van der Waals surface area (Å²) in [4.78, 5) is 13.7. The van der Waals surface area contributed by atoms with Crippen LogP contribution in [0.3, 0.4) is 0 Å². The van der Waals surface area contributed by atoms with Gasteiger partial charge in [-0.1, -0.05) is 12.1 Å². The zero-order chi connectivity index (χ0) is 18.9. The summed E-state index contributed by atoms with van der Waals surface area (Å²) in [7, 11) is 1.97. The number of hydrogen-bond acceptors (Lipinski definition) is 5. The second-order valence-corrected chi connectivity index (χ2v) is 5.47. The van der Waals surface area contributed by atoms with Crippen LogP contribution in [-0.2, 0) is 9.53 Å². The van der Waals surface area contributed by atoms with Gasteiger partial charge in [-0.3, -0.25) is 0 Å². The van der Waals surface area contributed by atoms with Crippen LogP contribution in [0.25, 0.3) is 6.08 Å². The van der Waals surface area contributed by atoms with Crippen molar-refractivity contribution < 1.29 is 14.3 Å². The lowest BCUT2D eigenvalue weighted by molar-refractivity contribution is -0.137. The zero-order valence-corrected chi connectivity index (χ0v) is 15.2. The Morgan fingerprint density at radius 2 is 1.62 bits per heavy atom. The minimum absolute atomic E-state index is 0.0144. The Morgan fingerprint density at radius 3 is 2.12 bits per heavy atom. The number of anilines is 2. The number of rotatable bonds is 7. The average Bonchev–Trinajstić information content (AvgIpc) is 2.67. The predicted molar refractivity (Wildman–Crippen MR) is 102 cm³/mol. The molecule has 2 aromatic rings. The van der Waals surface area contributed by atoms with Crippen LogP contribution in [0.5, 0.6) is 5.75 Å². The van der Waals surface area contributed by atoms with Gasteiger partial charge in [0.05, 0.1) is 13.2 Å². The number of ether oxygens (including phenoxy) is 2. The van der Waals surface area contributed by atoms with E-state index in [2.05, 4.69) is 0 Å². The summed E-state index contributed by atoms with van der Waals surface area (Å²) in [6, 6.07) is 17.3. The highest BCUT2D eigenvalue weighted by molar-refractivity contribution is 5.97. The van der Waals surface area contributed by atoms with Gasteiger partial charge < -0.3 is 14.4 Å². The molecular weight excluding hydrogens is 328 g/mol. The van der Waals surface area contributed by atoms with Crippen LogP contribution in [0.2, 0.25) is 0 Å². The molecule has 0 heterocycles. The summed E-state index contributed by atoms with van der Waals surface area (Å²) >= 11 is 0. The van der Waals surface area contributed by atoms with Crippen LogP contribution in [0.1, 0.15) is 19.4 Å². The molecule has 0 amide bonds. The van der Waals surface area contributed by atoms with E-state index in [0.29, 0.717) is 6.61 Å². The van der Waals surface area contributed by atoms with Crippen molar-refractivity contribution in [1.82, 2.24) is 0 Å². The number of nitriles is 1. The van der Waals surface area contributed by atoms with Crippen molar-refractivity contribution in [2.75, 3.05) is 25.2 Å². The highest BCUT2D eigenvalue weighted by atomic mass is 16.5. The molecule has 0 bridgehead atoms. The van der Waals surface area contributed by atoms with Crippen LogP contribution in [0.4, 0.5) is 11.4 Å². The Morgan fingerprint density at radius 1 is 1.04 bits per heavy atom. The molecule has 0 saturated heterocycles. The molecule has 0 aliphatic carbocycles. The maximum absolute atomic E-state index is 11.7. The first-order valence-electron chi connectivity index (χ1n) is 8.44. The van der Waals surface area contributed by atoms with Crippen molar-refractivity contribution >= 4 is 23.4 Å². The van der Waals surface area contributed by atoms with Crippen LogP contribution >= 0.6 is 0 Å². The first kappa shape index (κ1) is 19.1. The van der Waals surface area contributed by atoms with Crippen molar-refractivity contribution in [2.24, 2.45) is 0 Å². The van der Waals surface area contributed by atoms with E-state index in [9.17, 15) is 4.79 Å². The number of hydrogen-bond donors (Lipinski definition) is 0. The fourth-order valence-corrected chi connectivity index (χ4v) is 2.39. The fourth-order valence-electron chi connectivity index (χ4n) is 2.39. The normalized spacial score (nSPS) is 10.8. The lowest BCUT2D eigenvalue weighted by atomic mass is 10.1. The molecule has 0 saturated carbocycles. The summed E-state index contributed by atoms with van der Waals surface area (Å²) in [5, 5.41) is 9.10. The number of nitrogens with zero attached hydrogens (tertiary/aromatic N) is 2. The van der Waals surface area contributed by atoms with E-state index < -0.39 is 5.97 Å². The molecule has 5 heteroatoms. The summed E-state index contributed by atoms with van der Waals surface area (Å²) in [5.74, 6) is 0.235. The Kier molecular flexibility index (Phi) is 6.81. The highest BCUT2D eigenvalue weighted by Gasteiger charge is 2.10. The predicted octanol–water partition coefficient (Wildman–Crippen LogP) is 4.32. The van der Waals surface area contributed by atoms with E-state index in [-0.39, 0.29) is 12.2 Å². The van der Waals surface area contributed by atoms with E-state index in [1.54, 1.807) is 6.92 Å². The van der Waals surface area contributed by atoms with Gasteiger partial charge in [0, 0.05) is 18.4 Å². The van der Waals surface area contributed by atoms with Crippen molar-refractivity contribution in [3.05, 3.63) is 59.7 Å². The molecule has 0 aliphatic rings. The minimum Gasteiger partial charge on any atom is -0.494 e. The SMILES string of the molecule is CCOC(=O)/C(C#N)=C/c1ccc(N(C)c2ccc(OCC)cc2)cc1. The highest BCUT2D eigenvalue weighted by Crippen LogP contribution is 2.26. The van der Waals surface area contributed by atoms with Crippen molar-refractivity contribution in [2.45, 2.75) is 13.8 Å². The first-order chi connectivity index (χ1) is 12.6. The lowest BCUT2D eigenvalue weighted by Crippen LogP contribution is -2.09. The van der Waals surface area contributed by atoms with Gasteiger partial charge in [-0.15, -0.1) is 0 Å². The van der Waals surface area contributed by atoms with Gasteiger partial charge in [0.15, 0.2) is 0 Å². The third-order valence-corrected chi connectivity index (χ3v) is 3.74. The summed E-state index contributed by atoms with van der Waals surface area (Å²) in [5.41, 5.74) is 2.76. The maximum Gasteiger partial charge on any atom is 0.348 e. The van der Waals surface area contributed by atoms with Crippen LogP contribution in [-0.4, -0.2) is 26.2 Å². The molecule has 0 aliphatic heterocycles. The standard InChI is InChI=1S/C21H22N2O3/c1-4-25-20-12-10-19(11-13-20)23(3)18-8-6-16(7-9-18)14-17(15-22)21(24)26-5-2/h6-14H,4-5H2,1-3H3/b17-14+. The average molecular weight is 350 g/mol. The first-order valence-corrected chi connectivity index (χ1v) is 8.44. The summed E-state index contributed by atoms with van der Waals surface area (Å²) < 4.78 is 10.3. The van der Waals surface area contributed by atoms with E-state index in [1.165, 1.54) is 6.08 Å². The molecule has 0 aromatic heterocycles. The van der Waals surface area contributed by atoms with E-state index in [1.807, 2.05) is 73.5 Å². The molecular formula is C21H22N2O3. The molecule has 0 fully saturated rings. The molecule has 0 N–H and O–H groups in total. The molecule has 26 heavy (non-hydrogen) atoms.